The van der Waals surface area contributed by atoms with Crippen molar-refractivity contribution in [3.05, 3.63) is 0 Å². The molecular weight excluding hydrogens is 252 g/mol. The molecule has 20 heavy (non-hydrogen) atoms. The van der Waals surface area contributed by atoms with Crippen LogP contribution >= 0.6 is 0 Å². The van der Waals surface area contributed by atoms with Crippen molar-refractivity contribution in [3.63, 3.8) is 0 Å². The van der Waals surface area contributed by atoms with Gasteiger partial charge in [-0.2, -0.15) is 0 Å². The van der Waals surface area contributed by atoms with Crippen molar-refractivity contribution in [1.82, 2.24) is 10.2 Å². The van der Waals surface area contributed by atoms with Crippen LogP contribution in [0.3, 0.4) is 0 Å². The topological polar surface area (TPSA) is 49.4 Å². The van der Waals surface area contributed by atoms with Gasteiger partial charge in [0.1, 0.15) is 5.54 Å². The van der Waals surface area contributed by atoms with Crippen molar-refractivity contribution in [3.8, 4) is 0 Å². The van der Waals surface area contributed by atoms with Crippen LogP contribution in [0.4, 0.5) is 0 Å². The highest BCUT2D eigenvalue weighted by atomic mass is 16.2. The van der Waals surface area contributed by atoms with Gasteiger partial charge in [0, 0.05) is 19.0 Å². The Hall–Kier alpha value is -1.06. The van der Waals surface area contributed by atoms with Crippen LogP contribution in [-0.2, 0) is 9.59 Å². The number of amides is 2. The number of nitrogens with zero attached hydrogens (tertiary/aromatic N) is 1. The summed E-state index contributed by atoms with van der Waals surface area (Å²) >= 11 is 0. The Morgan fingerprint density at radius 3 is 2.40 bits per heavy atom. The van der Waals surface area contributed by atoms with Crippen LogP contribution < -0.4 is 5.32 Å². The number of rotatable bonds is 5. The maximum atomic E-state index is 13.0. The smallest absolute Gasteiger partial charge is 0.248 e. The van der Waals surface area contributed by atoms with Crippen LogP contribution in [0.5, 0.6) is 0 Å². The summed E-state index contributed by atoms with van der Waals surface area (Å²) in [4.78, 5) is 26.9. The second kappa shape index (κ2) is 5.74. The summed E-state index contributed by atoms with van der Waals surface area (Å²) in [5, 5.41) is 3.00. The van der Waals surface area contributed by atoms with E-state index in [1.165, 1.54) is 0 Å². The Morgan fingerprint density at radius 2 is 1.90 bits per heavy atom. The molecule has 1 heterocycles. The van der Waals surface area contributed by atoms with E-state index in [0.29, 0.717) is 24.8 Å². The van der Waals surface area contributed by atoms with Gasteiger partial charge >= 0.3 is 0 Å². The monoisotopic (exact) mass is 280 g/mol. The van der Waals surface area contributed by atoms with Gasteiger partial charge in [-0.3, -0.25) is 9.59 Å². The van der Waals surface area contributed by atoms with Crippen molar-refractivity contribution in [1.29, 1.82) is 0 Å². The summed E-state index contributed by atoms with van der Waals surface area (Å²) in [7, 11) is 0. The first-order valence-electron chi connectivity index (χ1n) is 8.06. The van der Waals surface area contributed by atoms with E-state index in [4.69, 9.17) is 0 Å². The first-order chi connectivity index (χ1) is 9.43. The number of nitrogens with one attached hydrogen (secondary N) is 1. The molecule has 2 atom stereocenters. The number of hydrogen-bond donors (Lipinski definition) is 1. The van der Waals surface area contributed by atoms with E-state index in [9.17, 15) is 9.59 Å². The highest BCUT2D eigenvalue weighted by Gasteiger charge is 2.51. The van der Waals surface area contributed by atoms with Crippen molar-refractivity contribution < 1.29 is 9.59 Å². The molecule has 2 rings (SSSR count). The van der Waals surface area contributed by atoms with E-state index < -0.39 is 5.54 Å². The Morgan fingerprint density at radius 1 is 1.30 bits per heavy atom. The molecule has 2 amide bonds. The average Bonchev–Trinajstić information content (AvgIpc) is 3.23. The molecule has 2 fully saturated rings. The zero-order valence-electron chi connectivity index (χ0n) is 13.2. The van der Waals surface area contributed by atoms with Gasteiger partial charge in [0.2, 0.25) is 11.8 Å². The third kappa shape index (κ3) is 2.70. The molecule has 2 unspecified atom stereocenters. The standard InChI is InChI=1S/C16H28N2O2/c1-5-12(6-2)11(3)18-10-9-14(19)17-16(4,15(18)20)13-7-8-13/h11-13H,5-10H2,1-4H3,(H,17,19). The third-order valence-corrected chi connectivity index (χ3v) is 5.30. The van der Waals surface area contributed by atoms with Crippen LogP contribution in [0.25, 0.3) is 0 Å². The average molecular weight is 280 g/mol. The summed E-state index contributed by atoms with van der Waals surface area (Å²) < 4.78 is 0. The zero-order chi connectivity index (χ0) is 14.9. The van der Waals surface area contributed by atoms with Crippen molar-refractivity contribution in [2.24, 2.45) is 11.8 Å². The predicted octanol–water partition coefficient (Wildman–Crippen LogP) is 2.33. The molecule has 0 aromatic rings. The molecule has 1 aliphatic carbocycles. The molecule has 0 radical (unpaired) electrons. The predicted molar refractivity (Wildman–Crippen MR) is 79.1 cm³/mol. The number of carbonyl (C=O) groups is 2. The second-order valence-corrected chi connectivity index (χ2v) is 6.59. The molecule has 2 aliphatic rings. The van der Waals surface area contributed by atoms with Crippen LogP contribution in [0.1, 0.15) is 59.8 Å². The molecule has 1 saturated carbocycles. The maximum Gasteiger partial charge on any atom is 0.248 e. The largest absolute Gasteiger partial charge is 0.342 e. The van der Waals surface area contributed by atoms with Gasteiger partial charge in [0.25, 0.3) is 0 Å². The lowest BCUT2D eigenvalue weighted by Crippen LogP contribution is -2.58. The highest BCUT2D eigenvalue weighted by Crippen LogP contribution is 2.42. The first-order valence-corrected chi connectivity index (χ1v) is 8.06. The fraction of sp³-hybridized carbons (Fsp3) is 0.875. The summed E-state index contributed by atoms with van der Waals surface area (Å²) in [6.07, 6.45) is 4.68. The fourth-order valence-electron chi connectivity index (χ4n) is 3.58. The zero-order valence-corrected chi connectivity index (χ0v) is 13.2. The first kappa shape index (κ1) is 15.3. The van der Waals surface area contributed by atoms with E-state index in [2.05, 4.69) is 26.1 Å². The van der Waals surface area contributed by atoms with Gasteiger partial charge in [-0.1, -0.05) is 26.7 Å². The Kier molecular flexibility index (Phi) is 4.40. The minimum absolute atomic E-state index is 0.0204. The molecule has 1 saturated heterocycles. The normalized spacial score (nSPS) is 29.4. The molecular formula is C16H28N2O2. The van der Waals surface area contributed by atoms with Gasteiger partial charge in [0.15, 0.2) is 0 Å². The minimum Gasteiger partial charge on any atom is -0.342 e. The molecule has 4 heteroatoms. The minimum atomic E-state index is -0.673. The summed E-state index contributed by atoms with van der Waals surface area (Å²) in [6, 6.07) is 0.211. The van der Waals surface area contributed by atoms with E-state index in [1.54, 1.807) is 0 Å². The van der Waals surface area contributed by atoms with Gasteiger partial charge in [-0.05, 0) is 38.5 Å². The summed E-state index contributed by atoms with van der Waals surface area (Å²) in [6.45, 7) is 8.97. The molecule has 0 spiro atoms. The molecule has 114 valence electrons. The van der Waals surface area contributed by atoms with E-state index in [0.717, 1.165) is 25.7 Å². The summed E-state index contributed by atoms with van der Waals surface area (Å²) in [5.74, 6) is 0.987. The lowest BCUT2D eigenvalue weighted by molar-refractivity contribution is -0.141. The molecule has 0 bridgehead atoms. The molecule has 1 aliphatic heterocycles. The van der Waals surface area contributed by atoms with Crippen LogP contribution in [0.15, 0.2) is 0 Å². The van der Waals surface area contributed by atoms with Crippen LogP contribution in [-0.4, -0.2) is 34.8 Å². The fourth-order valence-corrected chi connectivity index (χ4v) is 3.58. The highest BCUT2D eigenvalue weighted by molar-refractivity contribution is 5.94. The second-order valence-electron chi connectivity index (χ2n) is 6.59. The third-order valence-electron chi connectivity index (χ3n) is 5.30. The van der Waals surface area contributed by atoms with Crippen LogP contribution in [0, 0.1) is 11.8 Å². The molecule has 4 nitrogen and oxygen atoms in total. The Bertz CT molecular complexity index is 388. The van der Waals surface area contributed by atoms with E-state index in [-0.39, 0.29) is 17.9 Å². The molecule has 1 N–H and O–H groups in total. The number of carbonyl (C=O) groups excluding carboxylic acids is 2. The lowest BCUT2D eigenvalue weighted by atomic mass is 9.90. The van der Waals surface area contributed by atoms with E-state index >= 15 is 0 Å². The van der Waals surface area contributed by atoms with Gasteiger partial charge in [0.05, 0.1) is 0 Å². The summed E-state index contributed by atoms with van der Waals surface area (Å²) in [5.41, 5.74) is -0.673. The SMILES string of the molecule is CCC(CC)C(C)N1CCC(=O)NC(C)(C2CC2)C1=O. The van der Waals surface area contributed by atoms with Crippen LogP contribution in [0.2, 0.25) is 0 Å². The van der Waals surface area contributed by atoms with Gasteiger partial charge in [-0.25, -0.2) is 0 Å². The number of hydrogen-bond acceptors (Lipinski definition) is 2. The molecule has 0 aromatic carbocycles. The van der Waals surface area contributed by atoms with Gasteiger partial charge < -0.3 is 10.2 Å². The molecule has 0 aromatic heterocycles. The Balaban J connectivity index is 2.23. The lowest BCUT2D eigenvalue weighted by Gasteiger charge is -2.38. The Labute approximate surface area is 122 Å². The van der Waals surface area contributed by atoms with Crippen molar-refractivity contribution in [2.45, 2.75) is 71.4 Å². The quantitative estimate of drug-likeness (QED) is 0.840. The van der Waals surface area contributed by atoms with Crippen molar-refractivity contribution in [2.75, 3.05) is 6.54 Å². The maximum absolute atomic E-state index is 13.0. The van der Waals surface area contributed by atoms with Gasteiger partial charge in [-0.15, -0.1) is 0 Å². The van der Waals surface area contributed by atoms with Crippen molar-refractivity contribution >= 4 is 11.8 Å². The van der Waals surface area contributed by atoms with E-state index in [1.807, 2.05) is 11.8 Å².